The summed E-state index contributed by atoms with van der Waals surface area (Å²) in [4.78, 5) is 25.8. The number of ether oxygens (including phenoxy) is 3. The molecule has 1 unspecified atom stereocenters. The van der Waals surface area contributed by atoms with Crippen LogP contribution >= 0.6 is 0 Å². The molecule has 6 rings (SSSR count). The summed E-state index contributed by atoms with van der Waals surface area (Å²) >= 11 is 0. The van der Waals surface area contributed by atoms with Gasteiger partial charge in [-0.15, -0.1) is 0 Å². The van der Waals surface area contributed by atoms with E-state index in [0.29, 0.717) is 16.9 Å². The smallest absolute Gasteiger partial charge is 0.211 e. The summed E-state index contributed by atoms with van der Waals surface area (Å²) in [5.41, 5.74) is 1.01. The maximum absolute atomic E-state index is 13.0. The van der Waals surface area contributed by atoms with E-state index in [0.717, 1.165) is 0 Å². The molecule has 1 atom stereocenters. The lowest BCUT2D eigenvalue weighted by Gasteiger charge is -2.27. The van der Waals surface area contributed by atoms with Crippen molar-refractivity contribution in [2.75, 3.05) is 7.11 Å². The standard InChI is InChI=1S/C32H24O10/c1-15-20(34)11-25-28(30(15)37)21(35)12-24(41-25)17-5-9-19(10-6-17)40-32-27(39-2)14-26-29(31(32)38)22(36)13-23(42-26)16-3-7-18(33)8-4-16/h3-11,13-14,24,33-34,37-38H,12H2,1-2H3. The number of hydrogen-bond acceptors (Lipinski definition) is 10. The average Bonchev–Trinajstić information content (AvgIpc) is 2.97. The Balaban J connectivity index is 1.30. The van der Waals surface area contributed by atoms with Gasteiger partial charge in [-0.05, 0) is 48.9 Å². The van der Waals surface area contributed by atoms with Gasteiger partial charge in [0, 0.05) is 29.3 Å². The molecule has 0 saturated heterocycles. The molecule has 4 N–H and O–H groups in total. The number of rotatable bonds is 5. The zero-order valence-corrected chi connectivity index (χ0v) is 22.4. The second kappa shape index (κ2) is 10.1. The van der Waals surface area contributed by atoms with Crippen LogP contribution in [0.25, 0.3) is 22.3 Å². The SMILES string of the molecule is COc1cc2oc(-c3ccc(O)cc3)cc(=O)c2c(O)c1Oc1ccc(C2CC(=O)c3c(cc(O)c(C)c3O)O2)cc1. The molecule has 42 heavy (non-hydrogen) atoms. The van der Waals surface area contributed by atoms with Crippen LogP contribution in [0.1, 0.15) is 34.0 Å². The zero-order valence-electron chi connectivity index (χ0n) is 22.4. The minimum atomic E-state index is -0.670. The number of carbonyl (C=O) groups excluding carboxylic acids is 1. The van der Waals surface area contributed by atoms with Crippen LogP contribution in [0.15, 0.2) is 75.9 Å². The van der Waals surface area contributed by atoms with Crippen LogP contribution in [0.4, 0.5) is 0 Å². The first-order valence-electron chi connectivity index (χ1n) is 12.8. The molecule has 0 spiro atoms. The lowest BCUT2D eigenvalue weighted by atomic mass is 9.94. The number of methoxy groups -OCH3 is 1. The quantitative estimate of drug-likeness (QED) is 0.195. The summed E-state index contributed by atoms with van der Waals surface area (Å²) in [5, 5.41) is 40.9. The Morgan fingerprint density at radius 1 is 0.881 bits per heavy atom. The summed E-state index contributed by atoms with van der Waals surface area (Å²) in [6.45, 7) is 1.51. The first kappa shape index (κ1) is 26.6. The molecule has 10 heteroatoms. The van der Waals surface area contributed by atoms with Crippen molar-refractivity contribution < 1.29 is 43.8 Å². The first-order chi connectivity index (χ1) is 20.1. The molecular weight excluding hydrogens is 544 g/mol. The maximum Gasteiger partial charge on any atom is 0.211 e. The van der Waals surface area contributed by atoms with Crippen LogP contribution in [-0.4, -0.2) is 33.3 Å². The highest BCUT2D eigenvalue weighted by Crippen LogP contribution is 2.46. The van der Waals surface area contributed by atoms with Crippen LogP contribution in [0, 0.1) is 6.92 Å². The van der Waals surface area contributed by atoms with Crippen LogP contribution in [0.5, 0.6) is 46.0 Å². The molecule has 1 aliphatic rings. The second-order valence-electron chi connectivity index (χ2n) is 9.80. The van der Waals surface area contributed by atoms with Crippen LogP contribution in [0.2, 0.25) is 0 Å². The van der Waals surface area contributed by atoms with Crippen molar-refractivity contribution in [3.8, 4) is 57.3 Å². The normalized spacial score (nSPS) is 14.3. The van der Waals surface area contributed by atoms with E-state index in [1.807, 2.05) is 0 Å². The lowest BCUT2D eigenvalue weighted by molar-refractivity contribution is 0.0844. The number of carbonyl (C=O) groups is 1. The molecule has 0 amide bonds. The Morgan fingerprint density at radius 3 is 2.29 bits per heavy atom. The van der Waals surface area contributed by atoms with Gasteiger partial charge in [0.15, 0.2) is 22.7 Å². The van der Waals surface area contributed by atoms with E-state index in [1.165, 1.54) is 44.4 Å². The van der Waals surface area contributed by atoms with Gasteiger partial charge in [-0.25, -0.2) is 0 Å². The molecule has 0 fully saturated rings. The molecule has 0 saturated carbocycles. The van der Waals surface area contributed by atoms with Crippen molar-refractivity contribution in [1.82, 2.24) is 0 Å². The summed E-state index contributed by atoms with van der Waals surface area (Å²) in [5.74, 6) is -0.551. The summed E-state index contributed by atoms with van der Waals surface area (Å²) < 4.78 is 23.2. The third-order valence-electron chi connectivity index (χ3n) is 7.17. The molecule has 5 aromatic rings. The average molecular weight is 569 g/mol. The van der Waals surface area contributed by atoms with E-state index in [2.05, 4.69) is 0 Å². The zero-order chi connectivity index (χ0) is 29.7. The minimum absolute atomic E-state index is 0.0217. The van der Waals surface area contributed by atoms with Crippen molar-refractivity contribution in [1.29, 1.82) is 0 Å². The number of benzene rings is 4. The highest BCUT2D eigenvalue weighted by Gasteiger charge is 2.32. The Labute approximate surface area is 238 Å². The van der Waals surface area contributed by atoms with E-state index in [4.69, 9.17) is 18.6 Å². The van der Waals surface area contributed by atoms with Gasteiger partial charge in [-0.1, -0.05) is 12.1 Å². The highest BCUT2D eigenvalue weighted by atomic mass is 16.5. The van der Waals surface area contributed by atoms with Crippen molar-refractivity contribution in [3.05, 3.63) is 93.6 Å². The van der Waals surface area contributed by atoms with Gasteiger partial charge in [0.2, 0.25) is 5.75 Å². The van der Waals surface area contributed by atoms with Crippen molar-refractivity contribution in [2.45, 2.75) is 19.4 Å². The number of ketones is 1. The van der Waals surface area contributed by atoms with Gasteiger partial charge in [-0.3, -0.25) is 9.59 Å². The third-order valence-corrected chi connectivity index (χ3v) is 7.17. The fourth-order valence-electron chi connectivity index (χ4n) is 4.89. The number of hydrogen-bond donors (Lipinski definition) is 4. The first-order valence-corrected chi connectivity index (χ1v) is 12.8. The monoisotopic (exact) mass is 568 g/mol. The summed E-state index contributed by atoms with van der Waals surface area (Å²) in [7, 11) is 1.38. The Hall–Kier alpha value is -5.64. The predicted octanol–water partition coefficient (Wildman–Crippen LogP) is 6.10. The molecule has 1 aromatic heterocycles. The molecule has 212 valence electrons. The van der Waals surface area contributed by atoms with Crippen molar-refractivity contribution in [3.63, 3.8) is 0 Å². The van der Waals surface area contributed by atoms with E-state index >= 15 is 0 Å². The number of aromatic hydroxyl groups is 4. The van der Waals surface area contributed by atoms with Gasteiger partial charge >= 0.3 is 0 Å². The van der Waals surface area contributed by atoms with E-state index in [9.17, 15) is 30.0 Å². The van der Waals surface area contributed by atoms with Crippen molar-refractivity contribution >= 4 is 16.8 Å². The lowest BCUT2D eigenvalue weighted by Crippen LogP contribution is -2.20. The van der Waals surface area contributed by atoms with E-state index < -0.39 is 17.3 Å². The predicted molar refractivity (Wildman–Crippen MR) is 151 cm³/mol. The van der Waals surface area contributed by atoms with Crippen molar-refractivity contribution in [2.24, 2.45) is 0 Å². The number of phenols is 4. The van der Waals surface area contributed by atoms with Gasteiger partial charge in [0.05, 0.1) is 13.5 Å². The van der Waals surface area contributed by atoms with Gasteiger partial charge in [0.1, 0.15) is 57.1 Å². The molecule has 0 radical (unpaired) electrons. The molecular formula is C32H24O10. The van der Waals surface area contributed by atoms with E-state index in [1.54, 1.807) is 36.4 Å². The summed E-state index contributed by atoms with van der Waals surface area (Å²) in [6.07, 6.45) is -0.691. The highest BCUT2D eigenvalue weighted by molar-refractivity contribution is 6.03. The van der Waals surface area contributed by atoms with Crippen LogP contribution in [-0.2, 0) is 0 Å². The molecule has 0 bridgehead atoms. The minimum Gasteiger partial charge on any atom is -0.508 e. The molecule has 0 aliphatic carbocycles. The van der Waals surface area contributed by atoms with E-state index in [-0.39, 0.29) is 74.6 Å². The fraction of sp³-hybridized carbons (Fsp3) is 0.125. The second-order valence-corrected chi connectivity index (χ2v) is 9.80. The Bertz CT molecular complexity index is 1920. The summed E-state index contributed by atoms with van der Waals surface area (Å²) in [6, 6.07) is 16.7. The molecule has 1 aliphatic heterocycles. The maximum atomic E-state index is 13.0. The van der Waals surface area contributed by atoms with Gasteiger partial charge < -0.3 is 39.1 Å². The Morgan fingerprint density at radius 2 is 1.60 bits per heavy atom. The third kappa shape index (κ3) is 4.48. The number of fused-ring (bicyclic) bond motifs is 2. The molecule has 10 nitrogen and oxygen atoms in total. The molecule has 2 heterocycles. The topological polar surface area (TPSA) is 156 Å². The fourth-order valence-corrected chi connectivity index (χ4v) is 4.89. The van der Waals surface area contributed by atoms with Crippen LogP contribution in [0.3, 0.4) is 0 Å². The van der Waals surface area contributed by atoms with Crippen LogP contribution < -0.4 is 19.6 Å². The van der Waals surface area contributed by atoms with Gasteiger partial charge in [-0.2, -0.15) is 0 Å². The number of Topliss-reactive ketones (excluding diaryl/α,β-unsaturated/α-hetero) is 1. The Kier molecular flexibility index (Phi) is 6.38. The largest absolute Gasteiger partial charge is 0.508 e. The number of phenolic OH excluding ortho intramolecular Hbond substituents is 4. The molecule has 4 aromatic carbocycles. The van der Waals surface area contributed by atoms with Gasteiger partial charge in [0.25, 0.3) is 0 Å².